The summed E-state index contributed by atoms with van der Waals surface area (Å²) in [6, 6.07) is 7.94. The van der Waals surface area contributed by atoms with Gasteiger partial charge in [-0.15, -0.1) is 0 Å². The SMILES string of the molecule is CCC(C)C(NC(=O)C(C(C)C)N(C)C)C(=O)N(C)C(C(C)CC)C(C)CC(=O)N1CCCC1C(OC)C(C)C(=O)OCC(O)Cc1ccccc1. The van der Waals surface area contributed by atoms with Gasteiger partial charge in [-0.3, -0.25) is 24.1 Å². The van der Waals surface area contributed by atoms with E-state index in [1.165, 1.54) is 0 Å². The molecule has 0 saturated carbocycles. The van der Waals surface area contributed by atoms with Crippen LogP contribution in [0.25, 0.3) is 0 Å². The molecule has 10 atom stereocenters. The first-order chi connectivity index (χ1) is 24.5. The second-order valence-electron chi connectivity index (χ2n) is 15.8. The molecule has 1 aliphatic rings. The standard InChI is InChI=1S/C41H70N4O7/c1-13-27(5)35(42-39(48)36(26(3)4)43(9)10)40(49)44(11)37(28(6)14-2)29(7)23-34(47)45-22-18-21-33(45)38(51-12)30(8)41(50)52-25-32(46)24-31-19-16-15-17-20-31/h15-17,19-20,26-30,32-33,35-38,46H,13-14,18,21-25H2,1-12H3,(H,42,48). The molecule has 10 unspecified atom stereocenters. The number of likely N-dealkylation sites (N-methyl/N-ethyl adjacent to an activating group) is 2. The van der Waals surface area contributed by atoms with Crippen molar-refractivity contribution >= 4 is 23.7 Å². The first-order valence-corrected chi connectivity index (χ1v) is 19.4. The van der Waals surface area contributed by atoms with Crippen LogP contribution >= 0.6 is 0 Å². The Morgan fingerprint density at radius 2 is 1.56 bits per heavy atom. The second kappa shape index (κ2) is 21.6. The van der Waals surface area contributed by atoms with Crippen molar-refractivity contribution in [2.24, 2.45) is 29.6 Å². The van der Waals surface area contributed by atoms with Crippen molar-refractivity contribution in [1.82, 2.24) is 20.0 Å². The molecule has 2 N–H and O–H groups in total. The fourth-order valence-electron chi connectivity index (χ4n) is 8.03. The van der Waals surface area contributed by atoms with E-state index < -0.39 is 30.1 Å². The molecule has 1 aromatic carbocycles. The molecule has 0 aliphatic carbocycles. The number of likely N-dealkylation sites (tertiary alicyclic amines) is 1. The largest absolute Gasteiger partial charge is 0.463 e. The predicted molar refractivity (Wildman–Crippen MR) is 205 cm³/mol. The van der Waals surface area contributed by atoms with Crippen molar-refractivity contribution in [3.05, 3.63) is 35.9 Å². The highest BCUT2D eigenvalue weighted by Gasteiger charge is 2.42. The quantitative estimate of drug-likeness (QED) is 0.173. The van der Waals surface area contributed by atoms with Gasteiger partial charge in [0.2, 0.25) is 17.7 Å². The molecule has 2 rings (SSSR count). The highest BCUT2D eigenvalue weighted by molar-refractivity contribution is 5.90. The Kier molecular flexibility index (Phi) is 18.8. The average molecular weight is 731 g/mol. The summed E-state index contributed by atoms with van der Waals surface area (Å²) in [7, 11) is 7.10. The van der Waals surface area contributed by atoms with Gasteiger partial charge in [-0.25, -0.2) is 0 Å². The van der Waals surface area contributed by atoms with Gasteiger partial charge in [0.15, 0.2) is 0 Å². The Morgan fingerprint density at radius 1 is 0.942 bits per heavy atom. The summed E-state index contributed by atoms with van der Waals surface area (Å²) < 4.78 is 11.4. The lowest BCUT2D eigenvalue weighted by Gasteiger charge is -2.41. The lowest BCUT2D eigenvalue weighted by Crippen LogP contribution is -2.58. The van der Waals surface area contributed by atoms with Gasteiger partial charge in [-0.1, -0.05) is 91.6 Å². The molecule has 11 heteroatoms. The van der Waals surface area contributed by atoms with E-state index in [4.69, 9.17) is 9.47 Å². The van der Waals surface area contributed by atoms with Crippen molar-refractivity contribution in [2.75, 3.05) is 41.4 Å². The van der Waals surface area contributed by atoms with Crippen molar-refractivity contribution in [1.29, 1.82) is 0 Å². The topological polar surface area (TPSA) is 129 Å². The zero-order valence-corrected chi connectivity index (χ0v) is 34.1. The first-order valence-electron chi connectivity index (χ1n) is 19.4. The molecule has 1 aliphatic heterocycles. The van der Waals surface area contributed by atoms with Crippen LogP contribution in [-0.2, 0) is 35.1 Å². The summed E-state index contributed by atoms with van der Waals surface area (Å²) in [6.07, 6.45) is 2.21. The lowest BCUT2D eigenvalue weighted by atomic mass is 9.84. The van der Waals surface area contributed by atoms with E-state index in [9.17, 15) is 24.3 Å². The summed E-state index contributed by atoms with van der Waals surface area (Å²) in [5, 5.41) is 13.6. The van der Waals surface area contributed by atoms with E-state index >= 15 is 0 Å². The monoisotopic (exact) mass is 731 g/mol. The summed E-state index contributed by atoms with van der Waals surface area (Å²) in [4.78, 5) is 60.5. The molecule has 0 radical (unpaired) electrons. The van der Waals surface area contributed by atoms with E-state index in [0.29, 0.717) is 19.4 Å². The molecule has 1 fully saturated rings. The van der Waals surface area contributed by atoms with Gasteiger partial charge in [0.25, 0.3) is 0 Å². The van der Waals surface area contributed by atoms with Gasteiger partial charge in [0, 0.05) is 39.6 Å². The molecule has 52 heavy (non-hydrogen) atoms. The number of aliphatic hydroxyl groups is 1. The van der Waals surface area contributed by atoms with Gasteiger partial charge in [-0.2, -0.15) is 0 Å². The number of hydrogen-bond acceptors (Lipinski definition) is 8. The molecule has 1 saturated heterocycles. The maximum atomic E-state index is 14.3. The van der Waals surface area contributed by atoms with Gasteiger partial charge in [0.1, 0.15) is 12.6 Å². The van der Waals surface area contributed by atoms with E-state index in [1.54, 1.807) is 26.0 Å². The van der Waals surface area contributed by atoms with Crippen LogP contribution in [0.4, 0.5) is 0 Å². The molecule has 3 amide bonds. The van der Waals surface area contributed by atoms with Gasteiger partial charge in [-0.05, 0) is 63.1 Å². The van der Waals surface area contributed by atoms with Crippen molar-refractivity contribution in [2.45, 2.75) is 130 Å². The number of nitrogens with zero attached hydrogens (tertiary/aromatic N) is 3. The van der Waals surface area contributed by atoms with Crippen LogP contribution in [0.5, 0.6) is 0 Å². The van der Waals surface area contributed by atoms with E-state index in [0.717, 1.165) is 24.8 Å². The summed E-state index contributed by atoms with van der Waals surface area (Å²) >= 11 is 0. The predicted octanol–water partition coefficient (Wildman–Crippen LogP) is 4.79. The Labute approximate surface area is 314 Å². The zero-order chi connectivity index (χ0) is 39.3. The highest BCUT2D eigenvalue weighted by Crippen LogP contribution is 2.31. The molecular weight excluding hydrogens is 660 g/mol. The molecule has 1 aromatic rings. The fourth-order valence-corrected chi connectivity index (χ4v) is 8.03. The van der Waals surface area contributed by atoms with E-state index in [-0.39, 0.29) is 72.5 Å². The number of rotatable bonds is 21. The first kappa shape index (κ1) is 45.1. The highest BCUT2D eigenvalue weighted by atomic mass is 16.5. The number of hydrogen-bond donors (Lipinski definition) is 2. The van der Waals surface area contributed by atoms with Crippen LogP contribution in [0, 0.1) is 29.6 Å². The van der Waals surface area contributed by atoms with E-state index in [2.05, 4.69) is 19.2 Å². The third-order valence-electron chi connectivity index (χ3n) is 11.2. The number of ether oxygens (including phenoxy) is 2. The van der Waals surface area contributed by atoms with Crippen molar-refractivity contribution < 1.29 is 33.8 Å². The molecule has 1 heterocycles. The van der Waals surface area contributed by atoms with Crippen LogP contribution in [-0.4, -0.2) is 121 Å². The molecule has 0 aromatic heterocycles. The molecule has 0 spiro atoms. The number of aliphatic hydroxyl groups excluding tert-OH is 1. The van der Waals surface area contributed by atoms with Gasteiger partial charge >= 0.3 is 5.97 Å². The lowest BCUT2D eigenvalue weighted by molar-refractivity contribution is -0.159. The van der Waals surface area contributed by atoms with Crippen LogP contribution < -0.4 is 5.32 Å². The number of amides is 3. The minimum atomic E-state index is -0.833. The Hall–Kier alpha value is -3.02. The summed E-state index contributed by atoms with van der Waals surface area (Å²) in [6.45, 7) is 16.4. The second-order valence-corrected chi connectivity index (χ2v) is 15.8. The number of esters is 1. The van der Waals surface area contributed by atoms with Crippen LogP contribution in [0.3, 0.4) is 0 Å². The van der Waals surface area contributed by atoms with Gasteiger partial charge < -0.3 is 29.7 Å². The summed E-state index contributed by atoms with van der Waals surface area (Å²) in [5.41, 5.74) is 0.955. The smallest absolute Gasteiger partial charge is 0.311 e. The third-order valence-corrected chi connectivity index (χ3v) is 11.2. The minimum absolute atomic E-state index is 0.0393. The van der Waals surface area contributed by atoms with Crippen LogP contribution in [0.2, 0.25) is 0 Å². The molecule has 0 bridgehead atoms. The molecule has 11 nitrogen and oxygen atoms in total. The molecule has 296 valence electrons. The third kappa shape index (κ3) is 12.3. The Bertz CT molecular complexity index is 1250. The number of nitrogens with one attached hydrogen (secondary N) is 1. The van der Waals surface area contributed by atoms with Crippen LogP contribution in [0.15, 0.2) is 30.3 Å². The number of benzene rings is 1. The maximum Gasteiger partial charge on any atom is 0.311 e. The van der Waals surface area contributed by atoms with E-state index in [1.807, 2.05) is 88.8 Å². The van der Waals surface area contributed by atoms with Crippen molar-refractivity contribution in [3.63, 3.8) is 0 Å². The number of carbonyl (C=O) groups excluding carboxylic acids is 4. The zero-order valence-electron chi connectivity index (χ0n) is 34.1. The summed E-state index contributed by atoms with van der Waals surface area (Å²) in [5.74, 6) is -1.57. The normalized spacial score (nSPS) is 20.0. The van der Waals surface area contributed by atoms with Crippen molar-refractivity contribution in [3.8, 4) is 0 Å². The number of carbonyl (C=O) groups is 4. The maximum absolute atomic E-state index is 14.3. The average Bonchev–Trinajstić information content (AvgIpc) is 3.59. The Balaban J connectivity index is 2.18. The number of methoxy groups -OCH3 is 1. The fraction of sp³-hybridized carbons (Fsp3) is 0.756. The minimum Gasteiger partial charge on any atom is -0.463 e. The van der Waals surface area contributed by atoms with Gasteiger partial charge in [0.05, 0.1) is 30.2 Å². The van der Waals surface area contributed by atoms with Crippen LogP contribution in [0.1, 0.15) is 93.1 Å². The Morgan fingerprint density at radius 3 is 2.10 bits per heavy atom. The molecular formula is C41H70N4O7.